The summed E-state index contributed by atoms with van der Waals surface area (Å²) in [4.78, 5) is 2.38. The number of nitrogens with one attached hydrogen (secondary N) is 1. The molecule has 3 rings (SSSR count). The van der Waals surface area contributed by atoms with Crippen LogP contribution in [0.25, 0.3) is 0 Å². The van der Waals surface area contributed by atoms with E-state index in [1.807, 2.05) is 6.07 Å². The van der Waals surface area contributed by atoms with E-state index < -0.39 is 0 Å². The molecule has 2 unspecified atom stereocenters. The van der Waals surface area contributed by atoms with E-state index in [0.717, 1.165) is 12.1 Å². The molecule has 0 aliphatic carbocycles. The molecule has 2 aliphatic heterocycles. The van der Waals surface area contributed by atoms with E-state index in [1.165, 1.54) is 25.7 Å². The molecule has 0 aromatic heterocycles. The second kappa shape index (κ2) is 6.73. The number of benzene rings is 1. The topological polar surface area (TPSA) is 15.3 Å². The van der Waals surface area contributed by atoms with Crippen LogP contribution in [0.5, 0.6) is 0 Å². The van der Waals surface area contributed by atoms with Crippen molar-refractivity contribution in [1.29, 1.82) is 0 Å². The smallest absolute Gasteiger partial charge is 0.137 e. The molecule has 1 N–H and O–H groups in total. The van der Waals surface area contributed by atoms with Crippen molar-refractivity contribution in [2.24, 2.45) is 0 Å². The minimum atomic E-state index is -0.170. The number of fused-ring (bicyclic) bond motifs is 2. The van der Waals surface area contributed by atoms with Crippen molar-refractivity contribution in [2.75, 3.05) is 7.05 Å². The maximum absolute atomic E-state index is 13.5. The molecule has 2 saturated heterocycles. The summed E-state index contributed by atoms with van der Waals surface area (Å²) in [6.45, 7) is 0.828. The Hall–Kier alpha value is -0.160. The third-order valence-corrected chi connectivity index (χ3v) is 5.13. The van der Waals surface area contributed by atoms with Gasteiger partial charge in [-0.1, -0.05) is 6.07 Å². The summed E-state index contributed by atoms with van der Waals surface area (Å²) in [5.41, 5.74) is 1.05. The van der Waals surface area contributed by atoms with Crippen LogP contribution in [-0.2, 0) is 6.54 Å². The molecule has 0 radical (unpaired) electrons. The van der Waals surface area contributed by atoms with E-state index >= 15 is 0 Å². The predicted molar refractivity (Wildman–Crippen MR) is 85.8 cm³/mol. The number of halogens is 3. The maximum Gasteiger partial charge on any atom is 0.137 e. The van der Waals surface area contributed by atoms with Crippen molar-refractivity contribution in [2.45, 2.75) is 50.4 Å². The number of nitrogens with zero attached hydrogens (tertiary/aromatic N) is 1. The van der Waals surface area contributed by atoms with Gasteiger partial charge in [0.05, 0.1) is 4.47 Å². The van der Waals surface area contributed by atoms with Crippen molar-refractivity contribution < 1.29 is 4.39 Å². The van der Waals surface area contributed by atoms with Crippen LogP contribution in [0.4, 0.5) is 4.39 Å². The molecule has 2 heterocycles. The lowest BCUT2D eigenvalue weighted by Gasteiger charge is -2.35. The second-order valence-electron chi connectivity index (χ2n) is 5.93. The highest BCUT2D eigenvalue weighted by Crippen LogP contribution is 2.30. The van der Waals surface area contributed by atoms with Gasteiger partial charge in [-0.2, -0.15) is 0 Å². The highest BCUT2D eigenvalue weighted by molar-refractivity contribution is 9.10. The average molecular weight is 364 g/mol. The first kappa shape index (κ1) is 16.2. The summed E-state index contributed by atoms with van der Waals surface area (Å²) in [6, 6.07) is 7.46. The standard InChI is InChI=1S/C15H20BrFN2.ClH/c1-19(9-10-2-5-14(16)15(17)6-10)13-7-11-3-4-12(8-13)18-11;/h2,5-6,11-13,18H,3-4,7-9H2,1H3;1H. The van der Waals surface area contributed by atoms with Crippen LogP contribution in [0.1, 0.15) is 31.2 Å². The lowest BCUT2D eigenvalue weighted by Crippen LogP contribution is -2.46. The van der Waals surface area contributed by atoms with E-state index in [2.05, 4.69) is 33.2 Å². The highest BCUT2D eigenvalue weighted by Gasteiger charge is 2.34. The van der Waals surface area contributed by atoms with Crippen molar-refractivity contribution in [1.82, 2.24) is 10.2 Å². The number of piperidine rings is 1. The Morgan fingerprint density at radius 2 is 1.95 bits per heavy atom. The van der Waals surface area contributed by atoms with Crippen molar-refractivity contribution in [3.05, 3.63) is 34.1 Å². The zero-order chi connectivity index (χ0) is 13.4. The van der Waals surface area contributed by atoms with Crippen LogP contribution in [0.3, 0.4) is 0 Å². The van der Waals surface area contributed by atoms with Crippen LogP contribution in [-0.4, -0.2) is 30.1 Å². The van der Waals surface area contributed by atoms with Crippen LogP contribution in [0.15, 0.2) is 22.7 Å². The first-order valence-corrected chi connectivity index (χ1v) is 7.81. The van der Waals surface area contributed by atoms with Gasteiger partial charge in [0.1, 0.15) is 5.82 Å². The number of hydrogen-bond donors (Lipinski definition) is 1. The molecule has 5 heteroatoms. The molecule has 112 valence electrons. The summed E-state index contributed by atoms with van der Waals surface area (Å²) in [5.74, 6) is -0.170. The fourth-order valence-corrected chi connectivity index (χ4v) is 3.69. The molecule has 0 saturated carbocycles. The fraction of sp³-hybridized carbons (Fsp3) is 0.600. The van der Waals surface area contributed by atoms with Gasteiger partial charge in [-0.05, 0) is 66.4 Å². The molecule has 2 atom stereocenters. The molecule has 0 spiro atoms. The lowest BCUT2D eigenvalue weighted by molar-refractivity contribution is 0.166. The van der Waals surface area contributed by atoms with E-state index in [0.29, 0.717) is 22.6 Å². The Labute approximate surface area is 134 Å². The normalized spacial score (nSPS) is 28.5. The quantitative estimate of drug-likeness (QED) is 0.880. The highest BCUT2D eigenvalue weighted by atomic mass is 79.9. The Morgan fingerprint density at radius 1 is 1.30 bits per heavy atom. The maximum atomic E-state index is 13.5. The zero-order valence-corrected chi connectivity index (χ0v) is 14.0. The SMILES string of the molecule is CN(Cc1ccc(Br)c(F)c1)C1CC2CCC(C1)N2.Cl. The van der Waals surface area contributed by atoms with E-state index in [-0.39, 0.29) is 18.2 Å². The van der Waals surface area contributed by atoms with Crippen molar-refractivity contribution in [3.8, 4) is 0 Å². The minimum Gasteiger partial charge on any atom is -0.311 e. The summed E-state index contributed by atoms with van der Waals surface area (Å²) < 4.78 is 14.1. The van der Waals surface area contributed by atoms with Crippen molar-refractivity contribution >= 4 is 28.3 Å². The molecule has 2 bridgehead atoms. The summed E-state index contributed by atoms with van der Waals surface area (Å²) in [7, 11) is 2.16. The Balaban J connectivity index is 0.00000147. The molecule has 0 amide bonds. The third kappa shape index (κ3) is 3.53. The minimum absolute atomic E-state index is 0. The van der Waals surface area contributed by atoms with Gasteiger partial charge in [-0.25, -0.2) is 4.39 Å². The zero-order valence-electron chi connectivity index (χ0n) is 11.6. The fourth-order valence-electron chi connectivity index (χ4n) is 3.44. The van der Waals surface area contributed by atoms with Crippen LogP contribution in [0.2, 0.25) is 0 Å². The van der Waals surface area contributed by atoms with Gasteiger partial charge in [0.15, 0.2) is 0 Å². The van der Waals surface area contributed by atoms with E-state index in [1.54, 1.807) is 12.1 Å². The van der Waals surface area contributed by atoms with Gasteiger partial charge < -0.3 is 5.32 Å². The van der Waals surface area contributed by atoms with E-state index in [9.17, 15) is 4.39 Å². The molecular weight excluding hydrogens is 343 g/mol. The first-order valence-electron chi connectivity index (χ1n) is 7.02. The Morgan fingerprint density at radius 3 is 2.55 bits per heavy atom. The van der Waals surface area contributed by atoms with Gasteiger partial charge >= 0.3 is 0 Å². The third-order valence-electron chi connectivity index (χ3n) is 4.49. The van der Waals surface area contributed by atoms with Crippen LogP contribution in [0, 0.1) is 5.82 Å². The Kier molecular flexibility index (Phi) is 5.46. The largest absolute Gasteiger partial charge is 0.311 e. The van der Waals surface area contributed by atoms with Gasteiger partial charge in [0.25, 0.3) is 0 Å². The molecule has 1 aromatic rings. The average Bonchev–Trinajstić information content (AvgIpc) is 2.72. The lowest BCUT2D eigenvalue weighted by atomic mass is 9.98. The van der Waals surface area contributed by atoms with Gasteiger partial charge in [0, 0.05) is 24.7 Å². The molecule has 2 aliphatic rings. The molecule has 20 heavy (non-hydrogen) atoms. The monoisotopic (exact) mass is 362 g/mol. The van der Waals surface area contributed by atoms with Gasteiger partial charge in [-0.15, -0.1) is 12.4 Å². The summed E-state index contributed by atoms with van der Waals surface area (Å²) >= 11 is 3.20. The predicted octanol–water partition coefficient (Wildman–Crippen LogP) is 3.72. The molecular formula is C15H21BrClFN2. The second-order valence-corrected chi connectivity index (χ2v) is 6.78. The van der Waals surface area contributed by atoms with E-state index in [4.69, 9.17) is 0 Å². The first-order chi connectivity index (χ1) is 9.11. The van der Waals surface area contributed by atoms with Gasteiger partial charge in [-0.3, -0.25) is 4.90 Å². The molecule has 2 nitrogen and oxygen atoms in total. The molecule has 2 fully saturated rings. The Bertz CT molecular complexity index is 459. The van der Waals surface area contributed by atoms with Gasteiger partial charge in [0.2, 0.25) is 0 Å². The summed E-state index contributed by atoms with van der Waals surface area (Å²) in [6.07, 6.45) is 5.10. The van der Waals surface area contributed by atoms with Crippen molar-refractivity contribution in [3.63, 3.8) is 0 Å². The van der Waals surface area contributed by atoms with Crippen LogP contribution < -0.4 is 5.32 Å². The number of rotatable bonds is 3. The number of hydrogen-bond acceptors (Lipinski definition) is 2. The molecule has 1 aromatic carbocycles. The summed E-state index contributed by atoms with van der Waals surface area (Å²) in [5, 5.41) is 3.66. The van der Waals surface area contributed by atoms with Crippen LogP contribution >= 0.6 is 28.3 Å².